The number of rotatable bonds is 6. The van der Waals surface area contributed by atoms with Crippen LogP contribution in [0.25, 0.3) is 0 Å². The maximum Gasteiger partial charge on any atom is 0.255 e. The van der Waals surface area contributed by atoms with E-state index in [1.807, 2.05) is 13.8 Å². The number of nitrogens with zero attached hydrogens (tertiary/aromatic N) is 4. The van der Waals surface area contributed by atoms with E-state index in [-0.39, 0.29) is 18.5 Å². The van der Waals surface area contributed by atoms with Crippen LogP contribution in [0.1, 0.15) is 19.5 Å². The van der Waals surface area contributed by atoms with Gasteiger partial charge in [-0.3, -0.25) is 0 Å². The second-order valence-electron chi connectivity index (χ2n) is 5.98. The van der Waals surface area contributed by atoms with E-state index in [4.69, 9.17) is 9.47 Å². The molecule has 0 radical (unpaired) electrons. The minimum absolute atomic E-state index is 0.00434. The monoisotopic (exact) mass is 347 g/mol. The fourth-order valence-corrected chi connectivity index (χ4v) is 2.47. The van der Waals surface area contributed by atoms with E-state index < -0.39 is 5.95 Å². The minimum Gasteiger partial charge on any atom is -0.482 e. The van der Waals surface area contributed by atoms with Crippen LogP contribution in [0, 0.1) is 5.95 Å². The second-order valence-corrected chi connectivity index (χ2v) is 5.98. The van der Waals surface area contributed by atoms with E-state index in [0.29, 0.717) is 17.5 Å². The summed E-state index contributed by atoms with van der Waals surface area (Å²) in [6.07, 6.45) is 1.37. The summed E-state index contributed by atoms with van der Waals surface area (Å²) in [5.74, 6) is 0.544. The number of nitrogens with one attached hydrogen (secondary N) is 1. The van der Waals surface area contributed by atoms with Gasteiger partial charge in [0.1, 0.15) is 6.61 Å². The molecule has 1 N–H and O–H groups in total. The summed E-state index contributed by atoms with van der Waals surface area (Å²) >= 11 is 0. The molecule has 1 aliphatic heterocycles. The van der Waals surface area contributed by atoms with Crippen molar-refractivity contribution in [2.45, 2.75) is 26.6 Å². The highest BCUT2D eigenvalue weighted by Crippen LogP contribution is 2.20. The first kappa shape index (κ1) is 17.3. The molecule has 1 fully saturated rings. The molecule has 3 heterocycles. The van der Waals surface area contributed by atoms with Gasteiger partial charge in [0, 0.05) is 38.4 Å². The van der Waals surface area contributed by atoms with Gasteiger partial charge in [0.15, 0.2) is 5.75 Å². The Morgan fingerprint density at radius 3 is 2.80 bits per heavy atom. The number of pyridine rings is 1. The first-order valence-electron chi connectivity index (χ1n) is 8.35. The van der Waals surface area contributed by atoms with Gasteiger partial charge in [-0.05, 0) is 26.0 Å². The number of hydrogen-bond acceptors (Lipinski definition) is 7. The summed E-state index contributed by atoms with van der Waals surface area (Å²) in [4.78, 5) is 14.7. The maximum atomic E-state index is 13.6. The van der Waals surface area contributed by atoms with Gasteiger partial charge in [-0.1, -0.05) is 0 Å². The van der Waals surface area contributed by atoms with Crippen LogP contribution < -0.4 is 19.7 Å². The van der Waals surface area contributed by atoms with Crippen LogP contribution in [0.15, 0.2) is 24.4 Å². The number of anilines is 1. The van der Waals surface area contributed by atoms with Crippen molar-refractivity contribution in [2.75, 3.05) is 31.1 Å². The second kappa shape index (κ2) is 8.06. The molecule has 0 saturated carbocycles. The summed E-state index contributed by atoms with van der Waals surface area (Å²) in [5, 5.41) is 3.30. The van der Waals surface area contributed by atoms with Crippen molar-refractivity contribution >= 4 is 5.95 Å². The van der Waals surface area contributed by atoms with E-state index in [1.54, 1.807) is 12.1 Å². The van der Waals surface area contributed by atoms with Crippen LogP contribution in [-0.2, 0) is 6.61 Å². The molecule has 7 nitrogen and oxygen atoms in total. The zero-order valence-electron chi connectivity index (χ0n) is 14.4. The number of ether oxygens (including phenoxy) is 2. The van der Waals surface area contributed by atoms with Crippen molar-refractivity contribution in [1.82, 2.24) is 20.3 Å². The van der Waals surface area contributed by atoms with Crippen LogP contribution in [0.3, 0.4) is 0 Å². The van der Waals surface area contributed by atoms with Crippen LogP contribution >= 0.6 is 0 Å². The lowest BCUT2D eigenvalue weighted by atomic mass is 10.3. The highest BCUT2D eigenvalue weighted by molar-refractivity contribution is 5.35. The Morgan fingerprint density at radius 2 is 2.08 bits per heavy atom. The third-order valence-electron chi connectivity index (χ3n) is 3.60. The Kier molecular flexibility index (Phi) is 5.60. The summed E-state index contributed by atoms with van der Waals surface area (Å²) in [6.45, 7) is 7.39. The van der Waals surface area contributed by atoms with Crippen LogP contribution in [0.4, 0.5) is 10.3 Å². The number of halogens is 1. The number of aromatic nitrogens is 3. The van der Waals surface area contributed by atoms with Gasteiger partial charge in [0.05, 0.1) is 11.8 Å². The molecule has 0 aromatic carbocycles. The van der Waals surface area contributed by atoms with E-state index in [2.05, 4.69) is 25.2 Å². The van der Waals surface area contributed by atoms with E-state index in [1.165, 1.54) is 12.3 Å². The predicted octanol–water partition coefficient (Wildman–Crippen LogP) is 1.79. The lowest BCUT2D eigenvalue weighted by Gasteiger charge is -2.28. The normalized spacial score (nSPS) is 14.6. The Labute approximate surface area is 146 Å². The van der Waals surface area contributed by atoms with Gasteiger partial charge in [-0.15, -0.1) is 0 Å². The average molecular weight is 347 g/mol. The zero-order chi connectivity index (χ0) is 17.6. The molecule has 134 valence electrons. The van der Waals surface area contributed by atoms with Gasteiger partial charge in [0.2, 0.25) is 11.8 Å². The molecule has 0 atom stereocenters. The largest absolute Gasteiger partial charge is 0.482 e. The molecule has 1 aliphatic rings. The fourth-order valence-electron chi connectivity index (χ4n) is 2.47. The molecule has 0 bridgehead atoms. The molecule has 2 aromatic rings. The Hall–Kier alpha value is -2.48. The quantitative estimate of drug-likeness (QED) is 0.799. The minimum atomic E-state index is -0.641. The van der Waals surface area contributed by atoms with E-state index in [0.717, 1.165) is 26.2 Å². The van der Waals surface area contributed by atoms with Crippen molar-refractivity contribution in [2.24, 2.45) is 0 Å². The van der Waals surface area contributed by atoms with Crippen molar-refractivity contribution in [1.29, 1.82) is 0 Å². The highest BCUT2D eigenvalue weighted by atomic mass is 19.1. The molecule has 3 rings (SSSR count). The van der Waals surface area contributed by atoms with Crippen molar-refractivity contribution < 1.29 is 13.9 Å². The van der Waals surface area contributed by atoms with Crippen molar-refractivity contribution in [3.63, 3.8) is 0 Å². The standard InChI is InChI=1S/C17H22FN5O2/c1-12(2)25-15-10-13(11-24-14-4-3-5-20-16(14)18)21-17(22-15)23-8-6-19-7-9-23/h3-5,10,12,19H,6-9,11H2,1-2H3. The number of piperazine rings is 1. The molecule has 1 saturated heterocycles. The maximum absolute atomic E-state index is 13.6. The van der Waals surface area contributed by atoms with Crippen molar-refractivity contribution in [3.8, 4) is 11.6 Å². The summed E-state index contributed by atoms with van der Waals surface area (Å²) in [6, 6.07) is 4.88. The molecule has 25 heavy (non-hydrogen) atoms. The molecular formula is C17H22FN5O2. The van der Waals surface area contributed by atoms with Gasteiger partial charge in [-0.25, -0.2) is 9.97 Å². The van der Waals surface area contributed by atoms with Gasteiger partial charge < -0.3 is 19.7 Å². The third kappa shape index (κ3) is 4.76. The Bertz CT molecular complexity index is 707. The molecule has 8 heteroatoms. The molecule has 2 aromatic heterocycles. The van der Waals surface area contributed by atoms with Crippen LogP contribution in [-0.4, -0.2) is 47.2 Å². The Morgan fingerprint density at radius 1 is 1.28 bits per heavy atom. The van der Waals surface area contributed by atoms with Crippen molar-refractivity contribution in [3.05, 3.63) is 36.0 Å². The molecule has 0 amide bonds. The first-order chi connectivity index (χ1) is 12.1. The third-order valence-corrected chi connectivity index (χ3v) is 3.60. The van der Waals surface area contributed by atoms with Crippen LogP contribution in [0.5, 0.6) is 11.6 Å². The topological polar surface area (TPSA) is 72.4 Å². The van der Waals surface area contributed by atoms with Gasteiger partial charge >= 0.3 is 0 Å². The summed E-state index contributed by atoms with van der Waals surface area (Å²) in [5.41, 5.74) is 0.627. The SMILES string of the molecule is CC(C)Oc1cc(COc2cccnc2F)nc(N2CCNCC2)n1. The average Bonchev–Trinajstić information content (AvgIpc) is 2.61. The van der Waals surface area contributed by atoms with Crippen LogP contribution in [0.2, 0.25) is 0 Å². The number of hydrogen-bond donors (Lipinski definition) is 1. The van der Waals surface area contributed by atoms with E-state index >= 15 is 0 Å². The summed E-state index contributed by atoms with van der Waals surface area (Å²) in [7, 11) is 0. The molecular weight excluding hydrogens is 325 g/mol. The fraction of sp³-hybridized carbons (Fsp3) is 0.471. The highest BCUT2D eigenvalue weighted by Gasteiger charge is 2.16. The smallest absolute Gasteiger partial charge is 0.255 e. The molecule has 0 aliphatic carbocycles. The van der Waals surface area contributed by atoms with Gasteiger partial charge in [0.25, 0.3) is 5.95 Å². The molecule has 0 spiro atoms. The summed E-state index contributed by atoms with van der Waals surface area (Å²) < 4.78 is 24.8. The molecule has 0 unspecified atom stereocenters. The Balaban J connectivity index is 1.80. The first-order valence-corrected chi connectivity index (χ1v) is 8.35. The van der Waals surface area contributed by atoms with Gasteiger partial charge in [-0.2, -0.15) is 9.37 Å². The zero-order valence-corrected chi connectivity index (χ0v) is 14.4. The van der Waals surface area contributed by atoms with E-state index in [9.17, 15) is 4.39 Å². The predicted molar refractivity (Wildman–Crippen MR) is 91.4 cm³/mol. The lowest BCUT2D eigenvalue weighted by Crippen LogP contribution is -2.44. The lowest BCUT2D eigenvalue weighted by molar-refractivity contribution is 0.230.